The van der Waals surface area contributed by atoms with Gasteiger partial charge in [0.2, 0.25) is 0 Å². The van der Waals surface area contributed by atoms with Gasteiger partial charge in [-0.3, -0.25) is 4.79 Å². The molecule has 0 saturated heterocycles. The van der Waals surface area contributed by atoms with Crippen LogP contribution in [0.15, 0.2) is 34.9 Å². The maximum absolute atomic E-state index is 12.4. The highest BCUT2D eigenvalue weighted by molar-refractivity contribution is 6.05. The summed E-state index contributed by atoms with van der Waals surface area (Å²) in [4.78, 5) is 14.1. The Labute approximate surface area is 111 Å². The number of hydrogen-bond donors (Lipinski definition) is 1. The zero-order chi connectivity index (χ0) is 13.4. The van der Waals surface area contributed by atoms with Crippen LogP contribution in [0.4, 0.5) is 0 Å². The van der Waals surface area contributed by atoms with Gasteiger partial charge in [0, 0.05) is 19.0 Å². The first-order valence-electron chi connectivity index (χ1n) is 6.55. The molecular formula is C15H17NO3. The Hall–Kier alpha value is -1.81. The molecular weight excluding hydrogens is 242 g/mol. The first-order valence-corrected chi connectivity index (χ1v) is 6.55. The third kappa shape index (κ3) is 2.24. The van der Waals surface area contributed by atoms with E-state index in [9.17, 15) is 9.90 Å². The molecule has 4 nitrogen and oxygen atoms in total. The van der Waals surface area contributed by atoms with Gasteiger partial charge in [0.05, 0.1) is 11.7 Å². The Morgan fingerprint density at radius 1 is 1.42 bits per heavy atom. The molecule has 1 aliphatic carbocycles. The zero-order valence-electron chi connectivity index (χ0n) is 10.9. The number of carbonyl (C=O) groups is 1. The molecule has 1 saturated carbocycles. The number of rotatable bonds is 3. The molecule has 0 spiro atoms. The van der Waals surface area contributed by atoms with Gasteiger partial charge in [-0.25, -0.2) is 0 Å². The minimum absolute atomic E-state index is 0.0219. The molecule has 0 aliphatic heterocycles. The van der Waals surface area contributed by atoms with Crippen molar-refractivity contribution in [2.24, 2.45) is 5.92 Å². The fourth-order valence-electron chi connectivity index (χ4n) is 2.67. The number of benzene rings is 1. The van der Waals surface area contributed by atoms with Crippen molar-refractivity contribution in [3.05, 3.63) is 36.1 Å². The van der Waals surface area contributed by atoms with Crippen LogP contribution in [0.5, 0.6) is 0 Å². The standard InChI is InChI=1S/C15H17NO3/c1-16(8-10-6-11(17)7-10)15(18)13-9-19-14-5-3-2-4-12(13)14/h2-5,9-11,17H,6-8H2,1H3. The van der Waals surface area contributed by atoms with Gasteiger partial charge in [0.25, 0.3) is 5.91 Å². The summed E-state index contributed by atoms with van der Waals surface area (Å²) in [6, 6.07) is 7.54. The summed E-state index contributed by atoms with van der Waals surface area (Å²) >= 11 is 0. The number of aliphatic hydroxyl groups excluding tert-OH is 1. The number of para-hydroxylation sites is 1. The van der Waals surface area contributed by atoms with Crippen molar-refractivity contribution in [2.45, 2.75) is 18.9 Å². The number of carbonyl (C=O) groups excluding carboxylic acids is 1. The van der Waals surface area contributed by atoms with Crippen molar-refractivity contribution < 1.29 is 14.3 Å². The lowest BCUT2D eigenvalue weighted by Crippen LogP contribution is -2.39. The van der Waals surface area contributed by atoms with Gasteiger partial charge in [-0.05, 0) is 24.8 Å². The van der Waals surface area contributed by atoms with Gasteiger partial charge >= 0.3 is 0 Å². The van der Waals surface area contributed by atoms with E-state index >= 15 is 0 Å². The fraction of sp³-hybridized carbons (Fsp3) is 0.400. The van der Waals surface area contributed by atoms with Crippen molar-refractivity contribution in [1.82, 2.24) is 4.90 Å². The van der Waals surface area contributed by atoms with Gasteiger partial charge in [0.1, 0.15) is 11.8 Å². The molecule has 0 radical (unpaired) electrons. The highest BCUT2D eigenvalue weighted by atomic mass is 16.3. The number of fused-ring (bicyclic) bond motifs is 1. The highest BCUT2D eigenvalue weighted by Crippen LogP contribution is 2.28. The van der Waals surface area contributed by atoms with Crippen LogP contribution < -0.4 is 0 Å². The van der Waals surface area contributed by atoms with Crippen LogP contribution in [-0.2, 0) is 0 Å². The fourth-order valence-corrected chi connectivity index (χ4v) is 2.67. The third-order valence-electron chi connectivity index (χ3n) is 3.80. The largest absolute Gasteiger partial charge is 0.463 e. The molecule has 1 heterocycles. The quantitative estimate of drug-likeness (QED) is 0.920. The molecule has 2 aromatic rings. The molecule has 100 valence electrons. The van der Waals surface area contributed by atoms with Gasteiger partial charge in [0.15, 0.2) is 0 Å². The van der Waals surface area contributed by atoms with Crippen molar-refractivity contribution in [2.75, 3.05) is 13.6 Å². The molecule has 1 fully saturated rings. The van der Waals surface area contributed by atoms with Crippen molar-refractivity contribution in [3.63, 3.8) is 0 Å². The summed E-state index contributed by atoms with van der Waals surface area (Å²) in [7, 11) is 1.80. The van der Waals surface area contributed by atoms with Gasteiger partial charge in [-0.15, -0.1) is 0 Å². The SMILES string of the molecule is CN(CC1CC(O)C1)C(=O)c1coc2ccccc12. The molecule has 19 heavy (non-hydrogen) atoms. The highest BCUT2D eigenvalue weighted by Gasteiger charge is 2.29. The van der Waals surface area contributed by atoms with Crippen LogP contribution in [0.2, 0.25) is 0 Å². The van der Waals surface area contributed by atoms with Gasteiger partial charge in [-0.1, -0.05) is 18.2 Å². The Bertz CT molecular complexity index is 598. The lowest BCUT2D eigenvalue weighted by molar-refractivity contribution is 0.0265. The van der Waals surface area contributed by atoms with E-state index in [2.05, 4.69) is 0 Å². The summed E-state index contributed by atoms with van der Waals surface area (Å²) in [6.07, 6.45) is 2.94. The van der Waals surface area contributed by atoms with E-state index in [0.29, 0.717) is 18.0 Å². The minimum atomic E-state index is -0.178. The van der Waals surface area contributed by atoms with Crippen LogP contribution in [0.25, 0.3) is 11.0 Å². The Kier molecular flexibility index (Phi) is 3.03. The van der Waals surface area contributed by atoms with E-state index in [1.54, 1.807) is 11.9 Å². The lowest BCUT2D eigenvalue weighted by atomic mass is 9.82. The van der Waals surface area contributed by atoms with Crippen LogP contribution in [0.3, 0.4) is 0 Å². The summed E-state index contributed by atoms with van der Waals surface area (Å²) in [6.45, 7) is 0.690. The molecule has 1 aliphatic rings. The van der Waals surface area contributed by atoms with E-state index in [0.717, 1.165) is 23.8 Å². The number of nitrogens with zero attached hydrogens (tertiary/aromatic N) is 1. The topological polar surface area (TPSA) is 53.7 Å². The number of furan rings is 1. The Morgan fingerprint density at radius 2 is 2.16 bits per heavy atom. The first-order chi connectivity index (χ1) is 9.15. The lowest BCUT2D eigenvalue weighted by Gasteiger charge is -2.34. The molecule has 0 atom stereocenters. The Balaban J connectivity index is 1.75. The molecule has 1 aromatic heterocycles. The minimum Gasteiger partial charge on any atom is -0.463 e. The summed E-state index contributed by atoms with van der Waals surface area (Å²) in [5.74, 6) is 0.397. The summed E-state index contributed by atoms with van der Waals surface area (Å²) < 4.78 is 5.40. The van der Waals surface area contributed by atoms with E-state index < -0.39 is 0 Å². The van der Waals surface area contributed by atoms with Crippen LogP contribution in [0.1, 0.15) is 23.2 Å². The van der Waals surface area contributed by atoms with E-state index in [1.807, 2.05) is 24.3 Å². The van der Waals surface area contributed by atoms with Gasteiger partial charge in [-0.2, -0.15) is 0 Å². The molecule has 1 aromatic carbocycles. The van der Waals surface area contributed by atoms with Crippen LogP contribution in [0, 0.1) is 5.92 Å². The normalized spacial score (nSPS) is 22.2. The van der Waals surface area contributed by atoms with Crippen LogP contribution >= 0.6 is 0 Å². The second-order valence-corrected chi connectivity index (χ2v) is 5.32. The second kappa shape index (κ2) is 4.70. The predicted molar refractivity (Wildman–Crippen MR) is 71.9 cm³/mol. The molecule has 1 N–H and O–H groups in total. The van der Waals surface area contributed by atoms with Crippen molar-refractivity contribution in [3.8, 4) is 0 Å². The predicted octanol–water partition coefficient (Wildman–Crippen LogP) is 2.28. The van der Waals surface area contributed by atoms with E-state index in [1.165, 1.54) is 6.26 Å². The average Bonchev–Trinajstić information content (AvgIpc) is 2.79. The average molecular weight is 259 g/mol. The number of hydrogen-bond acceptors (Lipinski definition) is 3. The van der Waals surface area contributed by atoms with E-state index in [4.69, 9.17) is 4.42 Å². The Morgan fingerprint density at radius 3 is 2.89 bits per heavy atom. The summed E-state index contributed by atoms with van der Waals surface area (Å²) in [5.41, 5.74) is 1.34. The molecule has 4 heteroatoms. The first kappa shape index (κ1) is 12.2. The van der Waals surface area contributed by atoms with E-state index in [-0.39, 0.29) is 12.0 Å². The monoisotopic (exact) mass is 259 g/mol. The molecule has 0 unspecified atom stereocenters. The number of amides is 1. The van der Waals surface area contributed by atoms with Crippen LogP contribution in [-0.4, -0.2) is 35.6 Å². The smallest absolute Gasteiger partial charge is 0.257 e. The maximum atomic E-state index is 12.4. The maximum Gasteiger partial charge on any atom is 0.257 e. The van der Waals surface area contributed by atoms with Crippen molar-refractivity contribution >= 4 is 16.9 Å². The number of aliphatic hydroxyl groups is 1. The third-order valence-corrected chi connectivity index (χ3v) is 3.80. The van der Waals surface area contributed by atoms with Crippen molar-refractivity contribution in [1.29, 1.82) is 0 Å². The summed E-state index contributed by atoms with van der Waals surface area (Å²) in [5, 5.41) is 10.1. The molecule has 1 amide bonds. The second-order valence-electron chi connectivity index (χ2n) is 5.32. The molecule has 3 rings (SSSR count). The molecule has 0 bridgehead atoms. The van der Waals surface area contributed by atoms with Gasteiger partial charge < -0.3 is 14.4 Å². The zero-order valence-corrected chi connectivity index (χ0v) is 10.9.